The van der Waals surface area contributed by atoms with Crippen molar-refractivity contribution in [1.82, 2.24) is 14.9 Å². The van der Waals surface area contributed by atoms with Gasteiger partial charge in [0, 0.05) is 31.1 Å². The highest BCUT2D eigenvalue weighted by atomic mass is 19.1. The smallest absolute Gasteiger partial charge is 0.322 e. The number of hydrogen-bond donors (Lipinski definition) is 1. The van der Waals surface area contributed by atoms with E-state index in [2.05, 4.69) is 22.2 Å². The van der Waals surface area contributed by atoms with Crippen molar-refractivity contribution in [3.63, 3.8) is 0 Å². The van der Waals surface area contributed by atoms with Crippen molar-refractivity contribution in [2.75, 3.05) is 19.0 Å². The van der Waals surface area contributed by atoms with Gasteiger partial charge < -0.3 is 15.0 Å². The molecule has 6 nitrogen and oxygen atoms in total. The minimum atomic E-state index is -0.467. The molecule has 1 aromatic heterocycles. The highest BCUT2D eigenvalue weighted by Gasteiger charge is 2.58. The number of carbonyl (C=O) groups excluding carboxylic acids is 1. The van der Waals surface area contributed by atoms with Crippen LogP contribution in [0.3, 0.4) is 0 Å². The molecule has 7 heteroatoms. The fraction of sp³-hybridized carbons (Fsp3) is 0.476. The summed E-state index contributed by atoms with van der Waals surface area (Å²) in [5, 5.41) is 2.78. The molecule has 2 amide bonds. The first-order chi connectivity index (χ1) is 13.4. The van der Waals surface area contributed by atoms with Crippen LogP contribution in [-0.4, -0.2) is 46.2 Å². The molecule has 1 saturated heterocycles. The van der Waals surface area contributed by atoms with Crippen LogP contribution >= 0.6 is 0 Å². The molecule has 2 aromatic rings. The number of nitrogens with zero attached hydrogens (tertiary/aromatic N) is 3. The van der Waals surface area contributed by atoms with Gasteiger partial charge in [-0.1, -0.05) is 6.92 Å². The van der Waals surface area contributed by atoms with Crippen LogP contribution in [0.5, 0.6) is 0 Å². The van der Waals surface area contributed by atoms with Crippen LogP contribution in [0.4, 0.5) is 14.9 Å². The summed E-state index contributed by atoms with van der Waals surface area (Å²) in [6.45, 7) is 4.51. The fourth-order valence-corrected chi connectivity index (χ4v) is 4.93. The first kappa shape index (κ1) is 18.8. The van der Waals surface area contributed by atoms with Crippen molar-refractivity contribution in [3.05, 3.63) is 42.0 Å². The Morgan fingerprint density at radius 3 is 2.82 bits per heavy atom. The molecule has 1 aromatic carbocycles. The van der Waals surface area contributed by atoms with E-state index >= 15 is 0 Å². The summed E-state index contributed by atoms with van der Waals surface area (Å²) in [5.74, 6) is 0.585. The number of amides is 2. The van der Waals surface area contributed by atoms with Crippen molar-refractivity contribution in [1.29, 1.82) is 0 Å². The minimum Gasteiger partial charge on any atom is -0.382 e. The second kappa shape index (κ2) is 7.13. The van der Waals surface area contributed by atoms with Crippen LogP contribution in [0.1, 0.15) is 31.7 Å². The number of aryl methyl sites for hydroxylation is 1. The quantitative estimate of drug-likeness (QED) is 0.865. The van der Waals surface area contributed by atoms with E-state index in [0.717, 1.165) is 19.3 Å². The molecule has 0 radical (unpaired) electrons. The van der Waals surface area contributed by atoms with Gasteiger partial charge in [0.05, 0.1) is 17.8 Å². The molecule has 28 heavy (non-hydrogen) atoms. The largest absolute Gasteiger partial charge is 0.382 e. The van der Waals surface area contributed by atoms with Gasteiger partial charge in [0.2, 0.25) is 0 Å². The third-order valence-corrected chi connectivity index (χ3v) is 5.89. The maximum atomic E-state index is 14.6. The standard InChI is InChI=1S/C21H25FN4O2/c1-13-7-15-11-21(10-13,12-28-3)26(15)20(27)25-18-9-16(14(2)8-17(18)22)19-23-5-4-6-24-19/h4-6,8-9,13,15H,7,10-12H2,1-3H3,(H,25,27)/t13-,15?,21?/m0/s1. The van der Waals surface area contributed by atoms with Crippen LogP contribution in [0.15, 0.2) is 30.6 Å². The van der Waals surface area contributed by atoms with Gasteiger partial charge in [-0.15, -0.1) is 0 Å². The SMILES string of the molecule is COCC12CC(C[C@H](C)C1)N2C(=O)Nc1cc(-c2ncccn2)c(C)cc1F. The van der Waals surface area contributed by atoms with Gasteiger partial charge in [-0.05, 0) is 55.9 Å². The average molecular weight is 384 g/mol. The molecule has 0 spiro atoms. The van der Waals surface area contributed by atoms with Gasteiger partial charge in [0.15, 0.2) is 5.82 Å². The zero-order valence-corrected chi connectivity index (χ0v) is 16.4. The predicted molar refractivity (Wildman–Crippen MR) is 104 cm³/mol. The number of anilines is 1. The topological polar surface area (TPSA) is 67.3 Å². The van der Waals surface area contributed by atoms with E-state index in [1.807, 2.05) is 4.90 Å². The zero-order valence-electron chi connectivity index (χ0n) is 16.4. The van der Waals surface area contributed by atoms with Crippen LogP contribution in [0.2, 0.25) is 0 Å². The summed E-state index contributed by atoms with van der Waals surface area (Å²) < 4.78 is 20.0. The lowest BCUT2D eigenvalue weighted by molar-refractivity contribution is -0.122. The molecule has 4 rings (SSSR count). The normalized spacial score (nSPS) is 25.9. The number of ether oxygens (including phenoxy) is 1. The molecule has 1 saturated carbocycles. The third kappa shape index (κ3) is 3.13. The van der Waals surface area contributed by atoms with E-state index in [9.17, 15) is 9.18 Å². The van der Waals surface area contributed by atoms with E-state index in [4.69, 9.17) is 4.74 Å². The number of nitrogens with one attached hydrogen (secondary N) is 1. The summed E-state index contributed by atoms with van der Waals surface area (Å²) in [4.78, 5) is 23.4. The number of urea groups is 1. The highest BCUT2D eigenvalue weighted by molar-refractivity contribution is 5.92. The Bertz CT molecular complexity index is 887. The van der Waals surface area contributed by atoms with Gasteiger partial charge in [0.1, 0.15) is 5.82 Å². The molecule has 3 atom stereocenters. The van der Waals surface area contributed by atoms with Crippen LogP contribution in [0, 0.1) is 18.7 Å². The zero-order chi connectivity index (χ0) is 19.9. The molecule has 2 fully saturated rings. The Labute approximate surface area is 164 Å². The van der Waals surface area contributed by atoms with E-state index in [0.29, 0.717) is 29.5 Å². The van der Waals surface area contributed by atoms with E-state index in [-0.39, 0.29) is 23.3 Å². The summed E-state index contributed by atoms with van der Waals surface area (Å²) >= 11 is 0. The number of benzene rings is 1. The Hall–Kier alpha value is -2.54. The van der Waals surface area contributed by atoms with Crippen LogP contribution < -0.4 is 5.32 Å². The summed E-state index contributed by atoms with van der Waals surface area (Å²) in [5.41, 5.74) is 1.27. The number of fused-ring (bicyclic) bond motifs is 2. The van der Waals surface area contributed by atoms with Gasteiger partial charge in [-0.2, -0.15) is 0 Å². The molecule has 1 N–H and O–H groups in total. The van der Waals surface area contributed by atoms with E-state index in [1.165, 1.54) is 6.07 Å². The fourth-order valence-electron chi connectivity index (χ4n) is 4.93. The second-order valence-electron chi connectivity index (χ2n) is 8.08. The monoisotopic (exact) mass is 384 g/mol. The van der Waals surface area contributed by atoms with E-state index < -0.39 is 5.82 Å². The van der Waals surface area contributed by atoms with Gasteiger partial charge in [0.25, 0.3) is 0 Å². The first-order valence-electron chi connectivity index (χ1n) is 9.60. The maximum Gasteiger partial charge on any atom is 0.322 e. The highest BCUT2D eigenvalue weighted by Crippen LogP contribution is 2.50. The number of halogens is 1. The molecule has 2 bridgehead atoms. The number of hydrogen-bond acceptors (Lipinski definition) is 4. The third-order valence-electron chi connectivity index (χ3n) is 5.89. The van der Waals surface area contributed by atoms with Crippen molar-refractivity contribution in [3.8, 4) is 11.4 Å². The number of methoxy groups -OCH3 is 1. The molecule has 2 unspecified atom stereocenters. The van der Waals surface area contributed by atoms with Crippen molar-refractivity contribution >= 4 is 11.7 Å². The van der Waals surface area contributed by atoms with Crippen molar-refractivity contribution < 1.29 is 13.9 Å². The molecule has 148 valence electrons. The summed E-state index contributed by atoms with van der Waals surface area (Å²) in [6, 6.07) is 4.65. The Morgan fingerprint density at radius 1 is 1.36 bits per heavy atom. The molecule has 2 aliphatic rings. The Kier molecular flexibility index (Phi) is 4.79. The molecule has 1 aliphatic heterocycles. The van der Waals surface area contributed by atoms with Crippen LogP contribution in [-0.2, 0) is 4.74 Å². The van der Waals surface area contributed by atoms with Gasteiger partial charge in [-0.3, -0.25) is 0 Å². The van der Waals surface area contributed by atoms with Crippen molar-refractivity contribution in [2.45, 2.75) is 44.7 Å². The second-order valence-corrected chi connectivity index (χ2v) is 8.08. The number of likely N-dealkylation sites (tertiary alicyclic amines) is 1. The predicted octanol–water partition coefficient (Wildman–Crippen LogP) is 4.01. The Morgan fingerprint density at radius 2 is 2.11 bits per heavy atom. The lowest BCUT2D eigenvalue weighted by Gasteiger charge is -2.63. The van der Waals surface area contributed by atoms with Crippen LogP contribution in [0.25, 0.3) is 11.4 Å². The Balaban J connectivity index is 1.60. The molecule has 2 heterocycles. The van der Waals surface area contributed by atoms with E-state index in [1.54, 1.807) is 38.6 Å². The molecular formula is C21H25FN4O2. The average Bonchev–Trinajstić information content (AvgIpc) is 2.64. The molecule has 1 aliphatic carbocycles. The first-order valence-corrected chi connectivity index (χ1v) is 9.60. The minimum absolute atomic E-state index is 0.142. The number of carbonyl (C=O) groups is 1. The summed E-state index contributed by atoms with van der Waals surface area (Å²) in [7, 11) is 1.66. The van der Waals surface area contributed by atoms with Gasteiger partial charge in [-0.25, -0.2) is 19.2 Å². The lowest BCUT2D eigenvalue weighted by atomic mass is 9.65. The lowest BCUT2D eigenvalue weighted by Crippen LogP contribution is -2.74. The van der Waals surface area contributed by atoms with Crippen molar-refractivity contribution in [2.24, 2.45) is 5.92 Å². The maximum absolute atomic E-state index is 14.6. The summed E-state index contributed by atoms with van der Waals surface area (Å²) in [6.07, 6.45) is 6.10. The number of aromatic nitrogens is 2. The number of rotatable bonds is 4. The number of piperidine rings is 1. The van der Waals surface area contributed by atoms with Gasteiger partial charge >= 0.3 is 6.03 Å². The molecular weight excluding hydrogens is 359 g/mol.